The highest BCUT2D eigenvalue weighted by molar-refractivity contribution is 5.55. The van der Waals surface area contributed by atoms with Crippen molar-refractivity contribution in [2.45, 2.75) is 78.4 Å². The van der Waals surface area contributed by atoms with Crippen LogP contribution >= 0.6 is 0 Å². The summed E-state index contributed by atoms with van der Waals surface area (Å²) in [7, 11) is 0. The average Bonchev–Trinajstić information content (AvgIpc) is 2.44. The van der Waals surface area contributed by atoms with Crippen LogP contribution in [0.15, 0.2) is 18.2 Å². The predicted molar refractivity (Wildman–Crippen MR) is 93.0 cm³/mol. The van der Waals surface area contributed by atoms with E-state index in [1.165, 1.54) is 49.0 Å². The SMILES string of the molecule is CCC1CCCCN1c1ccc(CNC(C)(C)C)cc1C. The molecule has 1 aliphatic rings. The Morgan fingerprint density at radius 2 is 2.00 bits per heavy atom. The number of nitrogens with zero attached hydrogens (tertiary/aromatic N) is 1. The van der Waals surface area contributed by atoms with Crippen LogP contribution in [0.1, 0.15) is 64.5 Å². The highest BCUT2D eigenvalue weighted by Crippen LogP contribution is 2.29. The maximum atomic E-state index is 3.57. The summed E-state index contributed by atoms with van der Waals surface area (Å²) in [6.45, 7) is 13.4. The van der Waals surface area contributed by atoms with E-state index in [0.717, 1.165) is 12.6 Å². The van der Waals surface area contributed by atoms with Gasteiger partial charge < -0.3 is 10.2 Å². The van der Waals surface area contributed by atoms with Crippen LogP contribution in [0.5, 0.6) is 0 Å². The molecule has 0 saturated carbocycles. The van der Waals surface area contributed by atoms with Gasteiger partial charge in [0.25, 0.3) is 0 Å². The molecule has 0 radical (unpaired) electrons. The van der Waals surface area contributed by atoms with Crippen LogP contribution in [-0.4, -0.2) is 18.1 Å². The van der Waals surface area contributed by atoms with Gasteiger partial charge in [0.15, 0.2) is 0 Å². The fourth-order valence-electron chi connectivity index (χ4n) is 3.26. The highest BCUT2D eigenvalue weighted by atomic mass is 15.2. The van der Waals surface area contributed by atoms with Crippen molar-refractivity contribution < 1.29 is 0 Å². The molecule has 21 heavy (non-hydrogen) atoms. The maximum Gasteiger partial charge on any atom is 0.0398 e. The Labute approximate surface area is 130 Å². The molecule has 2 rings (SSSR count). The van der Waals surface area contributed by atoms with Crippen LogP contribution in [0.3, 0.4) is 0 Å². The van der Waals surface area contributed by atoms with E-state index in [2.05, 4.69) is 63.0 Å². The monoisotopic (exact) mass is 288 g/mol. The average molecular weight is 288 g/mol. The molecule has 1 unspecified atom stereocenters. The fraction of sp³-hybridized carbons (Fsp3) is 0.684. The summed E-state index contributed by atoms with van der Waals surface area (Å²) < 4.78 is 0. The van der Waals surface area contributed by atoms with E-state index >= 15 is 0 Å². The van der Waals surface area contributed by atoms with Gasteiger partial charge >= 0.3 is 0 Å². The molecule has 118 valence electrons. The van der Waals surface area contributed by atoms with Crippen LogP contribution < -0.4 is 10.2 Å². The van der Waals surface area contributed by atoms with Crippen molar-refractivity contribution in [1.29, 1.82) is 0 Å². The lowest BCUT2D eigenvalue weighted by atomic mass is 9.97. The van der Waals surface area contributed by atoms with E-state index in [9.17, 15) is 0 Å². The van der Waals surface area contributed by atoms with Crippen LogP contribution in [0.25, 0.3) is 0 Å². The Hall–Kier alpha value is -1.02. The summed E-state index contributed by atoms with van der Waals surface area (Å²) in [4.78, 5) is 2.64. The second-order valence-electron chi connectivity index (χ2n) is 7.48. The molecule has 0 aromatic heterocycles. The molecule has 1 aliphatic heterocycles. The van der Waals surface area contributed by atoms with Gasteiger partial charge in [0.05, 0.1) is 0 Å². The number of anilines is 1. The molecule has 1 aromatic carbocycles. The van der Waals surface area contributed by atoms with Crippen molar-refractivity contribution in [1.82, 2.24) is 5.32 Å². The van der Waals surface area contributed by atoms with E-state index < -0.39 is 0 Å². The molecule has 1 heterocycles. The van der Waals surface area contributed by atoms with Gasteiger partial charge in [-0.15, -0.1) is 0 Å². The minimum absolute atomic E-state index is 0.173. The smallest absolute Gasteiger partial charge is 0.0398 e. The summed E-state index contributed by atoms with van der Waals surface area (Å²) in [5.41, 5.74) is 4.42. The summed E-state index contributed by atoms with van der Waals surface area (Å²) in [5.74, 6) is 0. The number of benzene rings is 1. The Bertz CT molecular complexity index is 459. The van der Waals surface area contributed by atoms with Gasteiger partial charge in [-0.1, -0.05) is 19.1 Å². The maximum absolute atomic E-state index is 3.57. The minimum Gasteiger partial charge on any atom is -0.368 e. The predicted octanol–water partition coefficient (Wildman–Crippen LogP) is 4.65. The van der Waals surface area contributed by atoms with E-state index in [0.29, 0.717) is 0 Å². The van der Waals surface area contributed by atoms with Gasteiger partial charge in [0.1, 0.15) is 0 Å². The van der Waals surface area contributed by atoms with Crippen LogP contribution in [0, 0.1) is 6.92 Å². The molecular weight excluding hydrogens is 256 g/mol. The first-order chi connectivity index (χ1) is 9.90. The lowest BCUT2D eigenvalue weighted by Crippen LogP contribution is -2.39. The van der Waals surface area contributed by atoms with Gasteiger partial charge in [-0.2, -0.15) is 0 Å². The molecule has 2 heteroatoms. The first kappa shape index (κ1) is 16.4. The van der Waals surface area contributed by atoms with Gasteiger partial charge in [-0.3, -0.25) is 0 Å². The van der Waals surface area contributed by atoms with Gasteiger partial charge in [0, 0.05) is 30.4 Å². The third-order valence-corrected chi connectivity index (χ3v) is 4.49. The normalized spacial score (nSPS) is 19.9. The van der Waals surface area contributed by atoms with Crippen molar-refractivity contribution in [2.24, 2.45) is 0 Å². The summed E-state index contributed by atoms with van der Waals surface area (Å²) >= 11 is 0. The van der Waals surface area contributed by atoms with Crippen LogP contribution in [-0.2, 0) is 6.54 Å². The van der Waals surface area contributed by atoms with Gasteiger partial charge in [-0.05, 0) is 70.6 Å². The van der Waals surface area contributed by atoms with Gasteiger partial charge in [0.2, 0.25) is 0 Å². The van der Waals surface area contributed by atoms with Crippen molar-refractivity contribution in [3.8, 4) is 0 Å². The third kappa shape index (κ3) is 4.47. The van der Waals surface area contributed by atoms with E-state index in [-0.39, 0.29) is 5.54 Å². The topological polar surface area (TPSA) is 15.3 Å². The highest BCUT2D eigenvalue weighted by Gasteiger charge is 2.22. The first-order valence-corrected chi connectivity index (χ1v) is 8.52. The zero-order valence-corrected chi connectivity index (χ0v) is 14.5. The standard InChI is InChI=1S/C19H32N2/c1-6-17-9-7-8-12-21(17)18-11-10-16(13-15(18)2)14-20-19(3,4)5/h10-11,13,17,20H,6-9,12,14H2,1-5H3. The van der Waals surface area contributed by atoms with Crippen LogP contribution in [0.4, 0.5) is 5.69 Å². The van der Waals surface area contributed by atoms with Crippen molar-refractivity contribution in [2.75, 3.05) is 11.4 Å². The zero-order chi connectivity index (χ0) is 15.5. The molecule has 0 aliphatic carbocycles. The molecule has 2 nitrogen and oxygen atoms in total. The molecular formula is C19H32N2. The Morgan fingerprint density at radius 3 is 2.62 bits per heavy atom. The number of hydrogen-bond donors (Lipinski definition) is 1. The zero-order valence-electron chi connectivity index (χ0n) is 14.5. The Balaban J connectivity index is 2.11. The summed E-state index contributed by atoms with van der Waals surface area (Å²) in [6, 6.07) is 7.72. The first-order valence-electron chi connectivity index (χ1n) is 8.52. The number of nitrogens with one attached hydrogen (secondary N) is 1. The molecule has 1 N–H and O–H groups in total. The summed E-state index contributed by atoms with van der Waals surface area (Å²) in [6.07, 6.45) is 5.33. The second kappa shape index (κ2) is 6.83. The van der Waals surface area contributed by atoms with E-state index in [1.807, 2.05) is 0 Å². The number of hydrogen-bond acceptors (Lipinski definition) is 2. The molecule has 1 saturated heterocycles. The van der Waals surface area contributed by atoms with Crippen molar-refractivity contribution >= 4 is 5.69 Å². The minimum atomic E-state index is 0.173. The molecule has 1 aromatic rings. The van der Waals surface area contributed by atoms with E-state index in [4.69, 9.17) is 0 Å². The molecule has 0 amide bonds. The van der Waals surface area contributed by atoms with Crippen molar-refractivity contribution in [3.05, 3.63) is 29.3 Å². The number of rotatable bonds is 4. The number of piperidine rings is 1. The van der Waals surface area contributed by atoms with Gasteiger partial charge in [-0.25, -0.2) is 0 Å². The fourth-order valence-corrected chi connectivity index (χ4v) is 3.26. The van der Waals surface area contributed by atoms with Crippen molar-refractivity contribution in [3.63, 3.8) is 0 Å². The largest absolute Gasteiger partial charge is 0.368 e. The van der Waals surface area contributed by atoms with E-state index in [1.54, 1.807) is 0 Å². The lowest BCUT2D eigenvalue weighted by Gasteiger charge is -2.38. The van der Waals surface area contributed by atoms with Crippen LogP contribution in [0.2, 0.25) is 0 Å². The lowest BCUT2D eigenvalue weighted by molar-refractivity contribution is 0.424. The summed E-state index contributed by atoms with van der Waals surface area (Å²) in [5, 5.41) is 3.57. The molecule has 1 atom stereocenters. The molecule has 0 bridgehead atoms. The molecule has 0 spiro atoms. The quantitative estimate of drug-likeness (QED) is 0.867. The Morgan fingerprint density at radius 1 is 1.24 bits per heavy atom. The third-order valence-electron chi connectivity index (χ3n) is 4.49. The number of aryl methyl sites for hydroxylation is 1. The Kier molecular flexibility index (Phi) is 5.32. The molecule has 1 fully saturated rings. The second-order valence-corrected chi connectivity index (χ2v) is 7.48.